The minimum atomic E-state index is -5.07. The van der Waals surface area contributed by atoms with Gasteiger partial charge in [-0.05, 0) is 37.1 Å². The van der Waals surface area contributed by atoms with E-state index in [9.17, 15) is 43.7 Å². The zero-order valence-electron chi connectivity index (χ0n) is 25.2. The van der Waals surface area contributed by atoms with E-state index in [0.29, 0.717) is 50.8 Å². The molecule has 0 aliphatic heterocycles. The van der Waals surface area contributed by atoms with Gasteiger partial charge in [0.25, 0.3) is 36.3 Å². The molecule has 0 atom stereocenters. The number of aromatic nitrogens is 3. The zero-order valence-corrected chi connectivity index (χ0v) is 27.7. The summed E-state index contributed by atoms with van der Waals surface area (Å²) in [5, 5.41) is 16.6. The SMILES string of the molecule is [N-]=[N+]=NCCCNCc1cn(CCCNC(=O)COc2cc(S(=O)(=O)O)c3ccc4c(S(=O)(=O)O)cc(S(=O)(=O)O)c5ccc2c3c54)nn1. The molecular weight excluding hydrogens is 709 g/mol. The molecule has 5 rings (SSSR count). The van der Waals surface area contributed by atoms with Gasteiger partial charge in [0.05, 0.1) is 5.69 Å². The fourth-order valence-corrected chi connectivity index (χ4v) is 7.56. The third-order valence-electron chi connectivity index (χ3n) is 7.39. The van der Waals surface area contributed by atoms with E-state index in [0.717, 1.165) is 18.2 Å². The molecule has 0 aliphatic carbocycles. The number of nitrogens with one attached hydrogen (secondary N) is 2. The van der Waals surface area contributed by atoms with Gasteiger partial charge >= 0.3 is 0 Å². The van der Waals surface area contributed by atoms with Gasteiger partial charge in [-0.25, -0.2) is 0 Å². The Morgan fingerprint density at radius 2 is 1.43 bits per heavy atom. The van der Waals surface area contributed by atoms with Gasteiger partial charge in [0.1, 0.15) is 20.4 Å². The summed E-state index contributed by atoms with van der Waals surface area (Å²) in [5.41, 5.74) is 8.98. The Kier molecular flexibility index (Phi) is 10.2. The molecule has 0 radical (unpaired) electrons. The van der Waals surface area contributed by atoms with Crippen LogP contribution >= 0.6 is 0 Å². The number of carbonyl (C=O) groups excluding carboxylic acids is 1. The van der Waals surface area contributed by atoms with E-state index < -0.39 is 57.6 Å². The number of hydrogen-bond donors (Lipinski definition) is 5. The summed E-state index contributed by atoms with van der Waals surface area (Å²) < 4.78 is 111. The number of azide groups is 1. The Bertz CT molecular complexity index is 2390. The van der Waals surface area contributed by atoms with E-state index in [2.05, 4.69) is 31.0 Å². The molecule has 5 N–H and O–H groups in total. The zero-order chi connectivity index (χ0) is 35.6. The van der Waals surface area contributed by atoms with Crippen LogP contribution in [0.4, 0.5) is 0 Å². The second-order valence-electron chi connectivity index (χ2n) is 10.7. The maximum atomic E-state index is 12.6. The molecule has 5 aromatic rings. The van der Waals surface area contributed by atoms with Crippen LogP contribution in [-0.4, -0.2) is 86.1 Å². The van der Waals surface area contributed by atoms with E-state index in [1.165, 1.54) is 12.1 Å². The number of amides is 1. The van der Waals surface area contributed by atoms with Crippen LogP contribution in [0.15, 0.2) is 62.4 Å². The molecular formula is C27H28N8O11S3. The molecule has 22 heteroatoms. The maximum Gasteiger partial charge on any atom is 0.295 e. The molecule has 0 bridgehead atoms. The van der Waals surface area contributed by atoms with Gasteiger partial charge in [-0.1, -0.05) is 28.5 Å². The third kappa shape index (κ3) is 7.98. The lowest BCUT2D eigenvalue weighted by atomic mass is 9.93. The molecule has 0 aliphatic rings. The third-order valence-corrected chi connectivity index (χ3v) is 10.1. The molecule has 1 heterocycles. The van der Waals surface area contributed by atoms with Gasteiger partial charge in [0.2, 0.25) is 0 Å². The molecule has 0 fully saturated rings. The summed E-state index contributed by atoms with van der Waals surface area (Å²) in [6.45, 7) is 1.51. The van der Waals surface area contributed by atoms with E-state index in [4.69, 9.17) is 10.3 Å². The summed E-state index contributed by atoms with van der Waals surface area (Å²) >= 11 is 0. The van der Waals surface area contributed by atoms with Crippen molar-refractivity contribution in [1.82, 2.24) is 25.6 Å². The number of ether oxygens (including phenoxy) is 1. The minimum absolute atomic E-state index is 0.0773. The Hall–Kier alpha value is -4.67. The van der Waals surface area contributed by atoms with Crippen LogP contribution < -0.4 is 15.4 Å². The van der Waals surface area contributed by atoms with Crippen molar-refractivity contribution in [3.63, 3.8) is 0 Å². The summed E-state index contributed by atoms with van der Waals surface area (Å²) in [4.78, 5) is 12.9. The van der Waals surface area contributed by atoms with Gasteiger partial charge in [-0.15, -0.1) is 5.10 Å². The number of benzene rings is 4. The second-order valence-corrected chi connectivity index (χ2v) is 14.9. The van der Waals surface area contributed by atoms with Crippen LogP contribution in [0, 0.1) is 0 Å². The topological polar surface area (TPSA) is 293 Å². The Morgan fingerprint density at radius 1 is 0.857 bits per heavy atom. The average Bonchev–Trinajstić information content (AvgIpc) is 3.48. The second kappa shape index (κ2) is 14.1. The fourth-order valence-electron chi connectivity index (χ4n) is 5.35. The first-order valence-corrected chi connectivity index (χ1v) is 18.6. The van der Waals surface area contributed by atoms with Crippen molar-refractivity contribution in [1.29, 1.82) is 0 Å². The number of hydrogen-bond acceptors (Lipinski definition) is 12. The highest BCUT2D eigenvalue weighted by Crippen LogP contribution is 2.45. The van der Waals surface area contributed by atoms with Crippen molar-refractivity contribution in [2.75, 3.05) is 26.2 Å². The van der Waals surface area contributed by atoms with Gasteiger partial charge < -0.3 is 15.4 Å². The Labute approximate surface area is 278 Å². The lowest BCUT2D eigenvalue weighted by molar-refractivity contribution is -0.123. The molecule has 1 aromatic heterocycles. The predicted molar refractivity (Wildman–Crippen MR) is 173 cm³/mol. The molecule has 19 nitrogen and oxygen atoms in total. The number of nitrogens with zero attached hydrogens (tertiary/aromatic N) is 6. The smallest absolute Gasteiger partial charge is 0.295 e. The first-order valence-electron chi connectivity index (χ1n) is 14.3. The quantitative estimate of drug-likeness (QED) is 0.0243. The van der Waals surface area contributed by atoms with Gasteiger partial charge in [-0.2, -0.15) is 25.3 Å². The molecule has 1 amide bonds. The summed E-state index contributed by atoms with van der Waals surface area (Å²) in [5.74, 6) is -0.817. The Morgan fingerprint density at radius 3 is 2.02 bits per heavy atom. The molecule has 0 spiro atoms. The largest absolute Gasteiger partial charge is 0.483 e. The highest BCUT2D eigenvalue weighted by Gasteiger charge is 2.28. The molecule has 4 aromatic carbocycles. The molecule has 49 heavy (non-hydrogen) atoms. The molecule has 0 saturated carbocycles. The van der Waals surface area contributed by atoms with Crippen molar-refractivity contribution in [2.24, 2.45) is 5.11 Å². The first-order chi connectivity index (χ1) is 23.1. The summed E-state index contributed by atoms with van der Waals surface area (Å²) in [6.07, 6.45) is 2.88. The van der Waals surface area contributed by atoms with E-state index in [1.54, 1.807) is 10.9 Å². The molecule has 0 unspecified atom stereocenters. The Balaban J connectivity index is 1.35. The van der Waals surface area contributed by atoms with Crippen molar-refractivity contribution in [2.45, 2.75) is 40.6 Å². The number of rotatable bonds is 16. The van der Waals surface area contributed by atoms with Crippen LogP contribution in [0.5, 0.6) is 5.75 Å². The maximum absolute atomic E-state index is 12.6. The number of carbonyl (C=O) groups is 1. The lowest BCUT2D eigenvalue weighted by Gasteiger charge is -2.19. The van der Waals surface area contributed by atoms with Crippen molar-refractivity contribution >= 4 is 68.6 Å². The van der Waals surface area contributed by atoms with E-state index >= 15 is 0 Å². The average molecular weight is 737 g/mol. The lowest BCUT2D eigenvalue weighted by Crippen LogP contribution is -2.30. The standard InChI is InChI=1S/C27H28N8O11S3/c28-33-31-9-1-7-29-13-16-14-35(34-32-16)10-2-8-30-25(36)15-46-21-11-22(47(37,38)39)18-5-6-20-24(49(43,44)45)12-23(48(40,41)42)19-4-3-17(21)26(18)27(19)20/h3-6,11-12,14,29H,1-2,7-10,13,15H2,(H,30,36)(H,37,38,39)(H,40,41,42)(H,43,44,45). The van der Waals surface area contributed by atoms with Crippen LogP contribution in [-0.2, 0) is 48.2 Å². The van der Waals surface area contributed by atoms with Crippen molar-refractivity contribution < 1.29 is 48.4 Å². The molecule has 0 saturated heterocycles. The van der Waals surface area contributed by atoms with Crippen molar-refractivity contribution in [3.05, 3.63) is 58.7 Å². The highest BCUT2D eigenvalue weighted by atomic mass is 32.2. The minimum Gasteiger partial charge on any atom is -0.483 e. The molecule has 260 valence electrons. The van der Waals surface area contributed by atoms with E-state index in [1.807, 2.05) is 0 Å². The van der Waals surface area contributed by atoms with Crippen LogP contribution in [0.2, 0.25) is 0 Å². The fraction of sp³-hybridized carbons (Fsp3) is 0.296. The van der Waals surface area contributed by atoms with Crippen LogP contribution in [0.25, 0.3) is 42.8 Å². The van der Waals surface area contributed by atoms with Crippen LogP contribution in [0.1, 0.15) is 18.5 Å². The van der Waals surface area contributed by atoms with Gasteiger partial charge in [0.15, 0.2) is 6.61 Å². The normalized spacial score (nSPS) is 12.5. The number of aryl methyl sites for hydroxylation is 1. The summed E-state index contributed by atoms with van der Waals surface area (Å²) in [6, 6.07) is 6.37. The monoisotopic (exact) mass is 736 g/mol. The first kappa shape index (κ1) is 35.6. The van der Waals surface area contributed by atoms with Gasteiger partial charge in [0, 0.05) is 75.7 Å². The summed E-state index contributed by atoms with van der Waals surface area (Å²) in [7, 11) is -15.1. The predicted octanol–water partition coefficient (Wildman–Crippen LogP) is 2.29. The van der Waals surface area contributed by atoms with Gasteiger partial charge in [-0.3, -0.25) is 23.1 Å². The highest BCUT2D eigenvalue weighted by molar-refractivity contribution is 7.87. The van der Waals surface area contributed by atoms with E-state index in [-0.39, 0.29) is 44.6 Å². The van der Waals surface area contributed by atoms with Crippen LogP contribution in [0.3, 0.4) is 0 Å². The van der Waals surface area contributed by atoms with Crippen molar-refractivity contribution in [3.8, 4) is 5.75 Å².